The number of hydrogen-bond donors (Lipinski definition) is 2. The quantitative estimate of drug-likeness (QED) is 0.795. The van der Waals surface area contributed by atoms with Gasteiger partial charge in [0.2, 0.25) is 0 Å². The topological polar surface area (TPSA) is 110 Å². The third-order valence-electron chi connectivity index (χ3n) is 2.54. The predicted octanol–water partition coefficient (Wildman–Crippen LogP) is 1.64. The van der Waals surface area contributed by atoms with Crippen LogP contribution in [0.1, 0.15) is 48.4 Å². The molecule has 122 valence electrons. The van der Waals surface area contributed by atoms with E-state index in [-0.39, 0.29) is 22.6 Å². The van der Waals surface area contributed by atoms with Crippen molar-refractivity contribution < 1.29 is 27.3 Å². The van der Waals surface area contributed by atoms with E-state index in [9.17, 15) is 23.1 Å². The van der Waals surface area contributed by atoms with Crippen molar-refractivity contribution in [2.45, 2.75) is 33.2 Å². The van der Waals surface area contributed by atoms with Crippen LogP contribution in [-0.2, 0) is 10.1 Å². The van der Waals surface area contributed by atoms with Crippen LogP contribution in [0.2, 0.25) is 0 Å². The van der Waals surface area contributed by atoms with Gasteiger partial charge in [-0.2, -0.15) is 8.42 Å². The van der Waals surface area contributed by atoms with E-state index in [1.165, 1.54) is 25.1 Å². The molecular weight excluding hydrogens is 310 g/mol. The van der Waals surface area contributed by atoms with Crippen LogP contribution in [-0.4, -0.2) is 36.7 Å². The van der Waals surface area contributed by atoms with Crippen molar-refractivity contribution >= 4 is 22.0 Å². The number of aromatic carboxylic acids is 1. The Labute approximate surface area is 129 Å². The molecule has 7 nitrogen and oxygen atoms in total. The van der Waals surface area contributed by atoms with Gasteiger partial charge in [0, 0.05) is 5.54 Å². The molecule has 0 bridgehead atoms. The normalized spacial score (nSPS) is 11.8. The molecule has 0 saturated heterocycles. The summed E-state index contributed by atoms with van der Waals surface area (Å²) in [5.41, 5.74) is -1.27. The molecule has 0 spiro atoms. The van der Waals surface area contributed by atoms with E-state index >= 15 is 0 Å². The van der Waals surface area contributed by atoms with Crippen molar-refractivity contribution in [2.24, 2.45) is 0 Å². The highest BCUT2D eigenvalue weighted by Gasteiger charge is 2.26. The second-order valence-electron chi connectivity index (χ2n) is 5.62. The smallest absolute Gasteiger partial charge is 0.336 e. The minimum Gasteiger partial charge on any atom is -0.478 e. The molecule has 0 fully saturated rings. The van der Waals surface area contributed by atoms with Gasteiger partial charge in [-0.25, -0.2) is 4.79 Å². The van der Waals surface area contributed by atoms with Gasteiger partial charge < -0.3 is 14.6 Å². The van der Waals surface area contributed by atoms with Crippen LogP contribution in [0.15, 0.2) is 18.2 Å². The molecule has 0 unspecified atom stereocenters. The second kappa shape index (κ2) is 6.35. The van der Waals surface area contributed by atoms with E-state index in [1.807, 2.05) is 0 Å². The minimum absolute atomic E-state index is 0.301. The van der Waals surface area contributed by atoms with E-state index in [1.54, 1.807) is 20.8 Å². The summed E-state index contributed by atoms with van der Waals surface area (Å²) in [5, 5.41) is 11.8. The number of benzene rings is 1. The van der Waals surface area contributed by atoms with Crippen LogP contribution in [0.5, 0.6) is 5.75 Å². The Morgan fingerprint density at radius 1 is 1.27 bits per heavy atom. The Kier molecular flexibility index (Phi) is 5.18. The highest BCUT2D eigenvalue weighted by Crippen LogP contribution is 2.25. The Hall–Kier alpha value is -2.09. The first-order chi connectivity index (χ1) is 9.97. The lowest BCUT2D eigenvalue weighted by Crippen LogP contribution is -2.41. The summed E-state index contributed by atoms with van der Waals surface area (Å²) in [6.45, 7) is 6.54. The van der Waals surface area contributed by atoms with E-state index in [2.05, 4.69) is 5.32 Å². The van der Waals surface area contributed by atoms with Crippen molar-refractivity contribution in [2.75, 3.05) is 5.75 Å². The second-order valence-corrected chi connectivity index (χ2v) is 7.48. The zero-order chi connectivity index (χ0) is 17.1. The summed E-state index contributed by atoms with van der Waals surface area (Å²) in [4.78, 5) is 23.6. The van der Waals surface area contributed by atoms with Crippen molar-refractivity contribution in [1.29, 1.82) is 0 Å². The third-order valence-corrected chi connectivity index (χ3v) is 3.68. The standard InChI is InChI=1S/C14H19NO6S/c1-5-22(19,20)21-10-8-6-7-9(13(17)18)11(10)12(16)15-14(2,3)4/h6-8H,5H2,1-4H3,(H,15,16)(H,17,18). The van der Waals surface area contributed by atoms with Crippen molar-refractivity contribution in [3.05, 3.63) is 29.3 Å². The number of nitrogens with one attached hydrogen (secondary N) is 1. The number of carboxylic acids is 1. The maximum Gasteiger partial charge on any atom is 0.336 e. The van der Waals surface area contributed by atoms with Gasteiger partial charge in [-0.05, 0) is 39.8 Å². The zero-order valence-electron chi connectivity index (χ0n) is 12.8. The first-order valence-corrected chi connectivity index (χ1v) is 8.15. The average molecular weight is 329 g/mol. The van der Waals surface area contributed by atoms with Crippen LogP contribution in [0.3, 0.4) is 0 Å². The van der Waals surface area contributed by atoms with Crippen molar-refractivity contribution in [3.63, 3.8) is 0 Å². The average Bonchev–Trinajstić information content (AvgIpc) is 2.35. The maximum atomic E-state index is 12.3. The third kappa shape index (κ3) is 4.73. The molecule has 0 heterocycles. The maximum absolute atomic E-state index is 12.3. The van der Waals surface area contributed by atoms with Gasteiger partial charge in [-0.1, -0.05) is 6.07 Å². The Balaban J connectivity index is 3.43. The first-order valence-electron chi connectivity index (χ1n) is 6.58. The fraction of sp³-hybridized carbons (Fsp3) is 0.429. The molecule has 2 N–H and O–H groups in total. The van der Waals surface area contributed by atoms with Crippen molar-refractivity contribution in [1.82, 2.24) is 5.32 Å². The molecule has 0 radical (unpaired) electrons. The molecular formula is C14H19NO6S. The van der Waals surface area contributed by atoms with E-state index in [0.717, 1.165) is 0 Å². The van der Waals surface area contributed by atoms with Crippen LogP contribution in [0.25, 0.3) is 0 Å². The molecule has 1 rings (SSSR count). The van der Waals surface area contributed by atoms with Crippen LogP contribution in [0, 0.1) is 0 Å². The van der Waals surface area contributed by atoms with Gasteiger partial charge in [-0.3, -0.25) is 4.79 Å². The number of carbonyl (C=O) groups is 2. The molecule has 0 atom stereocenters. The summed E-state index contributed by atoms with van der Waals surface area (Å²) >= 11 is 0. The minimum atomic E-state index is -3.89. The lowest BCUT2D eigenvalue weighted by Gasteiger charge is -2.22. The van der Waals surface area contributed by atoms with E-state index in [0.29, 0.717) is 0 Å². The number of rotatable bonds is 5. The Bertz CT molecular complexity index is 688. The molecule has 0 saturated carbocycles. The number of carboxylic acid groups (broad SMARTS) is 1. The van der Waals surface area contributed by atoms with Crippen LogP contribution < -0.4 is 9.50 Å². The summed E-state index contributed by atoms with van der Waals surface area (Å²) in [7, 11) is -3.89. The summed E-state index contributed by atoms with van der Waals surface area (Å²) in [6, 6.07) is 3.78. The zero-order valence-corrected chi connectivity index (χ0v) is 13.7. The van der Waals surface area contributed by atoms with Gasteiger partial charge >= 0.3 is 16.1 Å². The molecule has 1 aromatic carbocycles. The fourth-order valence-corrected chi connectivity index (χ4v) is 2.14. The van der Waals surface area contributed by atoms with Crippen LogP contribution >= 0.6 is 0 Å². The number of hydrogen-bond acceptors (Lipinski definition) is 5. The Morgan fingerprint density at radius 3 is 2.32 bits per heavy atom. The Morgan fingerprint density at radius 2 is 1.86 bits per heavy atom. The van der Waals surface area contributed by atoms with Gasteiger partial charge in [0.25, 0.3) is 5.91 Å². The molecule has 8 heteroatoms. The molecule has 1 amide bonds. The molecule has 0 aliphatic carbocycles. The van der Waals surface area contributed by atoms with Crippen LogP contribution in [0.4, 0.5) is 0 Å². The summed E-state index contributed by atoms with van der Waals surface area (Å²) in [6.07, 6.45) is 0. The fourth-order valence-electron chi connectivity index (χ4n) is 1.61. The lowest BCUT2D eigenvalue weighted by molar-refractivity contribution is 0.0689. The SMILES string of the molecule is CCS(=O)(=O)Oc1cccc(C(=O)O)c1C(=O)NC(C)(C)C. The molecule has 1 aromatic rings. The van der Waals surface area contributed by atoms with Gasteiger partial charge in [0.1, 0.15) is 0 Å². The van der Waals surface area contributed by atoms with E-state index in [4.69, 9.17) is 4.18 Å². The molecule has 0 aliphatic heterocycles. The monoisotopic (exact) mass is 329 g/mol. The number of carbonyl (C=O) groups excluding carboxylic acids is 1. The summed E-state index contributed by atoms with van der Waals surface area (Å²) < 4.78 is 28.1. The number of amides is 1. The summed E-state index contributed by atoms with van der Waals surface area (Å²) in [5.74, 6) is -2.67. The molecule has 0 aromatic heterocycles. The largest absolute Gasteiger partial charge is 0.478 e. The van der Waals surface area contributed by atoms with Crippen molar-refractivity contribution in [3.8, 4) is 5.75 Å². The highest BCUT2D eigenvalue weighted by molar-refractivity contribution is 7.87. The lowest BCUT2D eigenvalue weighted by atomic mass is 10.0. The molecule has 22 heavy (non-hydrogen) atoms. The van der Waals surface area contributed by atoms with E-state index < -0.39 is 27.5 Å². The van der Waals surface area contributed by atoms with Gasteiger partial charge in [-0.15, -0.1) is 0 Å². The molecule has 0 aliphatic rings. The first kappa shape index (κ1) is 18.0. The highest BCUT2D eigenvalue weighted by atomic mass is 32.2. The predicted molar refractivity (Wildman–Crippen MR) is 80.7 cm³/mol. The van der Waals surface area contributed by atoms with Gasteiger partial charge in [0.05, 0.1) is 16.9 Å². The van der Waals surface area contributed by atoms with Gasteiger partial charge in [0.15, 0.2) is 5.75 Å².